The lowest BCUT2D eigenvalue weighted by Gasteiger charge is -2.23. The second-order valence-electron chi connectivity index (χ2n) is 9.17. The lowest BCUT2D eigenvalue weighted by Crippen LogP contribution is -2.34. The molecule has 0 saturated heterocycles. The summed E-state index contributed by atoms with van der Waals surface area (Å²) in [5.74, 6) is 0.463. The van der Waals surface area contributed by atoms with Crippen LogP contribution >= 0.6 is 0 Å². The van der Waals surface area contributed by atoms with Crippen molar-refractivity contribution in [3.05, 3.63) is 144 Å². The van der Waals surface area contributed by atoms with Gasteiger partial charge in [0.15, 0.2) is 0 Å². The number of carbonyl (C=O) groups is 2. The van der Waals surface area contributed by atoms with Gasteiger partial charge < -0.3 is 20.1 Å². The number of benzene rings is 4. The molecule has 5 aromatic rings. The molecule has 1 aromatic heterocycles. The maximum atomic E-state index is 13.4. The number of aromatic carboxylic acids is 1. The van der Waals surface area contributed by atoms with Crippen LogP contribution in [-0.4, -0.2) is 27.0 Å². The van der Waals surface area contributed by atoms with Gasteiger partial charge in [0.2, 0.25) is 0 Å². The van der Waals surface area contributed by atoms with Gasteiger partial charge in [0.25, 0.3) is 0 Å². The molecule has 1 heterocycles. The molecule has 0 fully saturated rings. The molecule has 0 aliphatic carbocycles. The van der Waals surface area contributed by atoms with Gasteiger partial charge in [-0.3, -0.25) is 4.98 Å². The Labute approximate surface area is 232 Å². The number of anilines is 1. The standard InChI is InChI=1S/C33H27N3O4/c37-32(38)28-14-12-27(13-15-28)26-10-8-24(9-11-26)22-36(23-25-5-4-20-34-21-25)33(39)35-29-16-18-31(19-17-29)40-30-6-2-1-3-7-30/h1-21H,22-23H2,(H,35,39)(H,37,38). The molecule has 40 heavy (non-hydrogen) atoms. The number of urea groups is 1. The minimum atomic E-state index is -0.953. The van der Waals surface area contributed by atoms with E-state index in [1.54, 1.807) is 41.6 Å². The van der Waals surface area contributed by atoms with E-state index in [4.69, 9.17) is 9.84 Å². The molecule has 7 nitrogen and oxygen atoms in total. The molecule has 198 valence electrons. The number of ether oxygens (including phenoxy) is 1. The Kier molecular flexibility index (Phi) is 8.12. The van der Waals surface area contributed by atoms with Gasteiger partial charge in [-0.2, -0.15) is 0 Å². The smallest absolute Gasteiger partial charge is 0.335 e. The van der Waals surface area contributed by atoms with Crippen LogP contribution < -0.4 is 10.1 Å². The second-order valence-corrected chi connectivity index (χ2v) is 9.17. The Morgan fingerprint density at radius 2 is 1.32 bits per heavy atom. The fraction of sp³-hybridized carbons (Fsp3) is 0.0606. The molecule has 0 bridgehead atoms. The van der Waals surface area contributed by atoms with Crippen LogP contribution in [0.4, 0.5) is 10.5 Å². The van der Waals surface area contributed by atoms with E-state index in [1.165, 1.54) is 0 Å². The average Bonchev–Trinajstić information content (AvgIpc) is 2.99. The van der Waals surface area contributed by atoms with Crippen molar-refractivity contribution in [2.75, 3.05) is 5.32 Å². The predicted molar refractivity (Wildman–Crippen MR) is 154 cm³/mol. The van der Waals surface area contributed by atoms with Crippen LogP contribution in [0, 0.1) is 0 Å². The first-order valence-corrected chi connectivity index (χ1v) is 12.7. The van der Waals surface area contributed by atoms with E-state index < -0.39 is 5.97 Å². The third-order valence-corrected chi connectivity index (χ3v) is 6.26. The normalized spacial score (nSPS) is 10.5. The monoisotopic (exact) mass is 529 g/mol. The number of carboxylic acid groups (broad SMARTS) is 1. The highest BCUT2D eigenvalue weighted by Crippen LogP contribution is 2.24. The summed E-state index contributed by atoms with van der Waals surface area (Å²) in [6.45, 7) is 0.765. The van der Waals surface area contributed by atoms with Gasteiger partial charge in [-0.15, -0.1) is 0 Å². The molecule has 2 amide bonds. The molecule has 0 spiro atoms. The lowest BCUT2D eigenvalue weighted by atomic mass is 10.0. The fourth-order valence-electron chi connectivity index (χ4n) is 4.17. The SMILES string of the molecule is O=C(O)c1ccc(-c2ccc(CN(Cc3cccnc3)C(=O)Nc3ccc(Oc4ccccc4)cc3)cc2)cc1. The van der Waals surface area contributed by atoms with E-state index in [9.17, 15) is 9.59 Å². The zero-order chi connectivity index (χ0) is 27.7. The zero-order valence-corrected chi connectivity index (χ0v) is 21.6. The van der Waals surface area contributed by atoms with Crippen molar-refractivity contribution in [1.29, 1.82) is 0 Å². The van der Waals surface area contributed by atoms with Crippen molar-refractivity contribution in [3.63, 3.8) is 0 Å². The average molecular weight is 530 g/mol. The zero-order valence-electron chi connectivity index (χ0n) is 21.6. The Bertz CT molecular complexity index is 1560. The van der Waals surface area contributed by atoms with Crippen molar-refractivity contribution in [2.24, 2.45) is 0 Å². The number of carboxylic acids is 1. The first-order valence-electron chi connectivity index (χ1n) is 12.7. The van der Waals surface area contributed by atoms with Gasteiger partial charge >= 0.3 is 12.0 Å². The van der Waals surface area contributed by atoms with Crippen molar-refractivity contribution < 1.29 is 19.4 Å². The van der Waals surface area contributed by atoms with E-state index in [0.717, 1.165) is 28.0 Å². The van der Waals surface area contributed by atoms with Crippen molar-refractivity contribution in [2.45, 2.75) is 13.1 Å². The Morgan fingerprint density at radius 3 is 1.95 bits per heavy atom. The van der Waals surface area contributed by atoms with Crippen molar-refractivity contribution in [3.8, 4) is 22.6 Å². The van der Waals surface area contributed by atoms with Gasteiger partial charge in [-0.05, 0) is 76.9 Å². The molecule has 5 rings (SSSR count). The predicted octanol–water partition coefficient (Wildman–Crippen LogP) is 7.47. The summed E-state index contributed by atoms with van der Waals surface area (Å²) in [7, 11) is 0. The molecule has 0 atom stereocenters. The lowest BCUT2D eigenvalue weighted by molar-refractivity contribution is 0.0697. The molecule has 0 saturated carbocycles. The topological polar surface area (TPSA) is 91.8 Å². The molecule has 7 heteroatoms. The molecular formula is C33H27N3O4. The van der Waals surface area contributed by atoms with E-state index >= 15 is 0 Å². The van der Waals surface area contributed by atoms with E-state index in [1.807, 2.05) is 91.0 Å². The number of nitrogens with one attached hydrogen (secondary N) is 1. The third-order valence-electron chi connectivity index (χ3n) is 6.26. The molecule has 0 aliphatic heterocycles. The Hall–Kier alpha value is -5.43. The first-order chi connectivity index (χ1) is 19.5. The number of hydrogen-bond acceptors (Lipinski definition) is 4. The fourth-order valence-corrected chi connectivity index (χ4v) is 4.17. The van der Waals surface area contributed by atoms with Crippen molar-refractivity contribution in [1.82, 2.24) is 9.88 Å². The highest BCUT2D eigenvalue weighted by molar-refractivity contribution is 5.89. The Balaban J connectivity index is 1.28. The van der Waals surface area contributed by atoms with Gasteiger partial charge in [-0.1, -0.05) is 60.7 Å². The molecule has 0 radical (unpaired) electrons. The number of aromatic nitrogens is 1. The summed E-state index contributed by atoms with van der Waals surface area (Å²) in [5.41, 5.74) is 4.65. The highest BCUT2D eigenvalue weighted by atomic mass is 16.5. The molecule has 0 aliphatic rings. The van der Waals surface area contributed by atoms with Gasteiger partial charge in [-0.25, -0.2) is 9.59 Å². The minimum absolute atomic E-state index is 0.242. The number of hydrogen-bond donors (Lipinski definition) is 2. The molecule has 4 aromatic carbocycles. The number of para-hydroxylation sites is 1. The summed E-state index contributed by atoms with van der Waals surface area (Å²) >= 11 is 0. The van der Waals surface area contributed by atoms with E-state index in [2.05, 4.69) is 10.3 Å². The van der Waals surface area contributed by atoms with Crippen LogP contribution in [0.1, 0.15) is 21.5 Å². The van der Waals surface area contributed by atoms with E-state index in [0.29, 0.717) is 24.5 Å². The van der Waals surface area contributed by atoms with E-state index in [-0.39, 0.29) is 11.6 Å². The van der Waals surface area contributed by atoms with Gasteiger partial charge in [0, 0.05) is 31.2 Å². The number of pyridine rings is 1. The first kappa shape index (κ1) is 26.2. The molecular weight excluding hydrogens is 502 g/mol. The quantitative estimate of drug-likeness (QED) is 0.207. The summed E-state index contributed by atoms with van der Waals surface area (Å²) in [4.78, 5) is 30.4. The summed E-state index contributed by atoms with van der Waals surface area (Å²) in [6.07, 6.45) is 3.45. The van der Waals surface area contributed by atoms with Crippen molar-refractivity contribution >= 4 is 17.7 Å². The third kappa shape index (κ3) is 6.90. The number of rotatable bonds is 9. The highest BCUT2D eigenvalue weighted by Gasteiger charge is 2.16. The Morgan fingerprint density at radius 1 is 0.700 bits per heavy atom. The number of amides is 2. The number of carbonyl (C=O) groups excluding carboxylic acids is 1. The summed E-state index contributed by atoms with van der Waals surface area (Å²) in [6, 6.07) is 34.9. The number of nitrogens with zero attached hydrogens (tertiary/aromatic N) is 2. The van der Waals surface area contributed by atoms with Crippen LogP contribution in [0.3, 0.4) is 0 Å². The summed E-state index contributed by atoms with van der Waals surface area (Å²) in [5, 5.41) is 12.1. The minimum Gasteiger partial charge on any atom is -0.478 e. The maximum absolute atomic E-state index is 13.4. The maximum Gasteiger partial charge on any atom is 0.335 e. The van der Waals surface area contributed by atoms with Gasteiger partial charge in [0.1, 0.15) is 11.5 Å². The second kappa shape index (κ2) is 12.4. The van der Waals surface area contributed by atoms with Crippen LogP contribution in [0.15, 0.2) is 128 Å². The largest absolute Gasteiger partial charge is 0.478 e. The van der Waals surface area contributed by atoms with Gasteiger partial charge in [0.05, 0.1) is 5.56 Å². The van der Waals surface area contributed by atoms with Crippen LogP contribution in [0.25, 0.3) is 11.1 Å². The van der Waals surface area contributed by atoms with Crippen LogP contribution in [0.2, 0.25) is 0 Å². The molecule has 2 N–H and O–H groups in total. The van der Waals surface area contributed by atoms with Crippen LogP contribution in [-0.2, 0) is 13.1 Å². The summed E-state index contributed by atoms with van der Waals surface area (Å²) < 4.78 is 5.85. The van der Waals surface area contributed by atoms with Crippen LogP contribution in [0.5, 0.6) is 11.5 Å². The molecule has 0 unspecified atom stereocenters.